The number of amides is 1. The summed E-state index contributed by atoms with van der Waals surface area (Å²) in [6.07, 6.45) is 1.68. The minimum Gasteiger partial charge on any atom is -0.393 e. The standard InChI is InChI=1S/C14H22N2O2/c1-11(17)6-5-9-16-14(18)13(15)10-12-7-3-2-4-8-12/h2-4,7-8,11,13,17H,5-6,9-10,15H2,1H3,(H,16,18). The number of carbonyl (C=O) groups excluding carboxylic acids is 1. The molecule has 1 amide bonds. The van der Waals surface area contributed by atoms with Crippen molar-refractivity contribution in [2.24, 2.45) is 5.73 Å². The molecule has 0 aliphatic rings. The lowest BCUT2D eigenvalue weighted by molar-refractivity contribution is -0.122. The zero-order valence-corrected chi connectivity index (χ0v) is 10.8. The van der Waals surface area contributed by atoms with Gasteiger partial charge in [0.15, 0.2) is 0 Å². The van der Waals surface area contributed by atoms with Crippen molar-refractivity contribution in [1.82, 2.24) is 5.32 Å². The Kier molecular flexibility index (Phi) is 6.39. The Morgan fingerprint density at radius 2 is 2.06 bits per heavy atom. The van der Waals surface area contributed by atoms with Crippen LogP contribution in [0.4, 0.5) is 0 Å². The molecule has 4 heteroatoms. The van der Waals surface area contributed by atoms with Crippen molar-refractivity contribution in [2.45, 2.75) is 38.3 Å². The van der Waals surface area contributed by atoms with Crippen LogP contribution in [0.3, 0.4) is 0 Å². The molecular weight excluding hydrogens is 228 g/mol. The SMILES string of the molecule is CC(O)CCCNC(=O)C(N)Cc1ccccc1. The van der Waals surface area contributed by atoms with E-state index < -0.39 is 6.04 Å². The lowest BCUT2D eigenvalue weighted by Gasteiger charge is -2.12. The maximum atomic E-state index is 11.7. The maximum Gasteiger partial charge on any atom is 0.237 e. The van der Waals surface area contributed by atoms with Crippen molar-refractivity contribution in [1.29, 1.82) is 0 Å². The van der Waals surface area contributed by atoms with Gasteiger partial charge in [-0.15, -0.1) is 0 Å². The maximum absolute atomic E-state index is 11.7. The Bertz CT molecular complexity index is 352. The van der Waals surface area contributed by atoms with Gasteiger partial charge in [0.2, 0.25) is 5.91 Å². The summed E-state index contributed by atoms with van der Waals surface area (Å²) in [7, 11) is 0. The van der Waals surface area contributed by atoms with E-state index in [0.29, 0.717) is 19.4 Å². The van der Waals surface area contributed by atoms with Crippen LogP contribution in [-0.2, 0) is 11.2 Å². The van der Waals surface area contributed by atoms with Gasteiger partial charge in [-0.1, -0.05) is 30.3 Å². The second kappa shape index (κ2) is 7.84. The molecule has 2 unspecified atom stereocenters. The minimum absolute atomic E-state index is 0.135. The molecule has 0 fully saturated rings. The highest BCUT2D eigenvalue weighted by Gasteiger charge is 2.13. The first kappa shape index (κ1) is 14.7. The molecule has 0 spiro atoms. The first-order valence-electron chi connectivity index (χ1n) is 6.35. The fraction of sp³-hybridized carbons (Fsp3) is 0.500. The number of benzene rings is 1. The van der Waals surface area contributed by atoms with Gasteiger partial charge in [0.25, 0.3) is 0 Å². The third-order valence-corrected chi connectivity index (χ3v) is 2.73. The Balaban J connectivity index is 2.25. The molecule has 0 aliphatic heterocycles. The average Bonchev–Trinajstić information content (AvgIpc) is 2.35. The van der Waals surface area contributed by atoms with E-state index in [4.69, 9.17) is 10.8 Å². The Labute approximate surface area is 108 Å². The Hall–Kier alpha value is -1.39. The zero-order valence-electron chi connectivity index (χ0n) is 10.8. The molecule has 1 aromatic carbocycles. The molecule has 100 valence electrons. The fourth-order valence-corrected chi connectivity index (χ4v) is 1.70. The lowest BCUT2D eigenvalue weighted by Crippen LogP contribution is -2.42. The third kappa shape index (κ3) is 5.80. The summed E-state index contributed by atoms with van der Waals surface area (Å²) in [5.74, 6) is -0.135. The summed E-state index contributed by atoms with van der Waals surface area (Å²) in [6, 6.07) is 9.20. The molecule has 4 nitrogen and oxygen atoms in total. The van der Waals surface area contributed by atoms with Gasteiger partial charge in [-0.25, -0.2) is 0 Å². The van der Waals surface area contributed by atoms with Crippen molar-refractivity contribution < 1.29 is 9.90 Å². The van der Waals surface area contributed by atoms with Crippen LogP contribution in [0.1, 0.15) is 25.3 Å². The van der Waals surface area contributed by atoms with Crippen LogP contribution >= 0.6 is 0 Å². The summed E-state index contributed by atoms with van der Waals surface area (Å²) in [5.41, 5.74) is 6.89. The smallest absolute Gasteiger partial charge is 0.237 e. The van der Waals surface area contributed by atoms with Crippen LogP contribution in [-0.4, -0.2) is 29.7 Å². The molecule has 18 heavy (non-hydrogen) atoms. The number of carbonyl (C=O) groups is 1. The van der Waals surface area contributed by atoms with E-state index >= 15 is 0 Å². The number of rotatable bonds is 7. The number of hydrogen-bond acceptors (Lipinski definition) is 3. The van der Waals surface area contributed by atoms with Gasteiger partial charge >= 0.3 is 0 Å². The van der Waals surface area contributed by atoms with Crippen molar-refractivity contribution in [3.8, 4) is 0 Å². The van der Waals surface area contributed by atoms with Gasteiger partial charge < -0.3 is 16.2 Å². The van der Waals surface area contributed by atoms with E-state index in [1.165, 1.54) is 0 Å². The van der Waals surface area contributed by atoms with E-state index in [1.54, 1.807) is 6.92 Å². The van der Waals surface area contributed by atoms with E-state index in [9.17, 15) is 4.79 Å². The van der Waals surface area contributed by atoms with E-state index in [0.717, 1.165) is 12.0 Å². The predicted octanol–water partition coefficient (Wildman–Crippen LogP) is 0.834. The average molecular weight is 250 g/mol. The van der Waals surface area contributed by atoms with E-state index in [1.807, 2.05) is 30.3 Å². The molecule has 4 N–H and O–H groups in total. The zero-order chi connectivity index (χ0) is 13.4. The lowest BCUT2D eigenvalue weighted by atomic mass is 10.1. The molecule has 2 atom stereocenters. The Morgan fingerprint density at radius 1 is 1.39 bits per heavy atom. The predicted molar refractivity (Wildman–Crippen MR) is 72.0 cm³/mol. The molecular formula is C14H22N2O2. The molecule has 0 bridgehead atoms. The second-order valence-corrected chi connectivity index (χ2v) is 4.58. The van der Waals surface area contributed by atoms with Crippen LogP contribution < -0.4 is 11.1 Å². The number of nitrogens with two attached hydrogens (primary N) is 1. The largest absolute Gasteiger partial charge is 0.393 e. The first-order valence-corrected chi connectivity index (χ1v) is 6.35. The Morgan fingerprint density at radius 3 is 2.67 bits per heavy atom. The van der Waals surface area contributed by atoms with Gasteiger partial charge in [0.1, 0.15) is 0 Å². The number of aliphatic hydroxyl groups excluding tert-OH is 1. The first-order chi connectivity index (χ1) is 8.59. The van der Waals surface area contributed by atoms with Crippen molar-refractivity contribution >= 4 is 5.91 Å². The summed E-state index contributed by atoms with van der Waals surface area (Å²) < 4.78 is 0. The van der Waals surface area contributed by atoms with Gasteiger partial charge in [0, 0.05) is 6.54 Å². The summed E-state index contributed by atoms with van der Waals surface area (Å²) in [6.45, 7) is 2.30. The topological polar surface area (TPSA) is 75.3 Å². The number of aliphatic hydroxyl groups is 1. The van der Waals surface area contributed by atoms with Crippen LogP contribution in [0.2, 0.25) is 0 Å². The minimum atomic E-state index is -0.515. The fourth-order valence-electron chi connectivity index (χ4n) is 1.70. The van der Waals surface area contributed by atoms with Crippen molar-refractivity contribution in [3.63, 3.8) is 0 Å². The summed E-state index contributed by atoms with van der Waals surface area (Å²) >= 11 is 0. The van der Waals surface area contributed by atoms with E-state index in [2.05, 4.69) is 5.32 Å². The summed E-state index contributed by atoms with van der Waals surface area (Å²) in [5, 5.41) is 11.9. The van der Waals surface area contributed by atoms with Gasteiger partial charge in [0.05, 0.1) is 12.1 Å². The summed E-state index contributed by atoms with van der Waals surface area (Å²) in [4.78, 5) is 11.7. The molecule has 0 saturated heterocycles. The molecule has 0 radical (unpaired) electrons. The molecule has 1 aromatic rings. The molecule has 0 heterocycles. The van der Waals surface area contributed by atoms with Crippen LogP contribution in [0.15, 0.2) is 30.3 Å². The van der Waals surface area contributed by atoms with E-state index in [-0.39, 0.29) is 12.0 Å². The monoisotopic (exact) mass is 250 g/mol. The molecule has 0 saturated carbocycles. The highest BCUT2D eigenvalue weighted by atomic mass is 16.3. The molecule has 0 aliphatic carbocycles. The quantitative estimate of drug-likeness (QED) is 0.628. The van der Waals surface area contributed by atoms with Gasteiger partial charge in [-0.2, -0.15) is 0 Å². The third-order valence-electron chi connectivity index (χ3n) is 2.73. The highest BCUT2D eigenvalue weighted by molar-refractivity contribution is 5.81. The van der Waals surface area contributed by atoms with Gasteiger partial charge in [-0.05, 0) is 31.7 Å². The molecule has 0 aromatic heterocycles. The number of hydrogen-bond donors (Lipinski definition) is 3. The normalized spacial score (nSPS) is 13.9. The van der Waals surface area contributed by atoms with Crippen LogP contribution in [0.5, 0.6) is 0 Å². The van der Waals surface area contributed by atoms with Crippen LogP contribution in [0.25, 0.3) is 0 Å². The molecule has 1 rings (SSSR count). The van der Waals surface area contributed by atoms with Crippen molar-refractivity contribution in [2.75, 3.05) is 6.54 Å². The van der Waals surface area contributed by atoms with Gasteiger partial charge in [-0.3, -0.25) is 4.79 Å². The van der Waals surface area contributed by atoms with Crippen molar-refractivity contribution in [3.05, 3.63) is 35.9 Å². The second-order valence-electron chi connectivity index (χ2n) is 4.58. The highest BCUT2D eigenvalue weighted by Crippen LogP contribution is 2.02. The van der Waals surface area contributed by atoms with Crippen LogP contribution in [0, 0.1) is 0 Å². The number of nitrogens with one attached hydrogen (secondary N) is 1.